The lowest BCUT2D eigenvalue weighted by atomic mass is 9.96. The molecule has 3 N–H and O–H groups in total. The van der Waals surface area contributed by atoms with Crippen molar-refractivity contribution in [3.63, 3.8) is 0 Å². The molecule has 0 bridgehead atoms. The topological polar surface area (TPSA) is 92.4 Å². The number of benzene rings is 2. The van der Waals surface area contributed by atoms with E-state index < -0.39 is 29.1 Å². The molecule has 11 heteroatoms. The summed E-state index contributed by atoms with van der Waals surface area (Å²) in [5.41, 5.74) is -0.605. The van der Waals surface area contributed by atoms with Crippen LogP contribution >= 0.6 is 11.6 Å². The number of hydrogen-bond acceptors (Lipinski definition) is 5. The van der Waals surface area contributed by atoms with Crippen LogP contribution in [0.4, 0.5) is 24.5 Å². The van der Waals surface area contributed by atoms with Crippen molar-refractivity contribution in [2.24, 2.45) is 0 Å². The van der Waals surface area contributed by atoms with Crippen LogP contribution in [0.1, 0.15) is 27.9 Å². The van der Waals surface area contributed by atoms with Crippen LogP contribution in [0.3, 0.4) is 0 Å². The lowest BCUT2D eigenvalue weighted by molar-refractivity contribution is -0.137. The van der Waals surface area contributed by atoms with Crippen molar-refractivity contribution in [1.82, 2.24) is 15.6 Å². The summed E-state index contributed by atoms with van der Waals surface area (Å²) < 4.78 is 45.1. The number of ether oxygens (including phenoxy) is 1. The molecule has 1 aliphatic rings. The molecule has 1 saturated heterocycles. The van der Waals surface area contributed by atoms with Crippen LogP contribution in [0.15, 0.2) is 66.9 Å². The van der Waals surface area contributed by atoms with Crippen LogP contribution in [-0.2, 0) is 22.3 Å². The second kappa shape index (κ2) is 10.5. The van der Waals surface area contributed by atoms with E-state index in [9.17, 15) is 22.8 Å². The highest BCUT2D eigenvalue weighted by molar-refractivity contribution is 6.29. The Morgan fingerprint density at radius 1 is 1.08 bits per heavy atom. The van der Waals surface area contributed by atoms with E-state index in [4.69, 9.17) is 16.3 Å². The van der Waals surface area contributed by atoms with Gasteiger partial charge in [-0.05, 0) is 42.0 Å². The number of hydrogen-bond donors (Lipinski definition) is 3. The van der Waals surface area contributed by atoms with Crippen molar-refractivity contribution in [1.29, 1.82) is 0 Å². The van der Waals surface area contributed by atoms with Gasteiger partial charge in [0, 0.05) is 37.0 Å². The van der Waals surface area contributed by atoms with E-state index in [0.717, 1.165) is 11.6 Å². The minimum Gasteiger partial charge on any atom is -0.378 e. The van der Waals surface area contributed by atoms with Gasteiger partial charge >= 0.3 is 6.18 Å². The summed E-state index contributed by atoms with van der Waals surface area (Å²) in [7, 11) is 0. The van der Waals surface area contributed by atoms with Gasteiger partial charge in [-0.3, -0.25) is 9.59 Å². The molecule has 3 aromatic rings. The maximum absolute atomic E-state index is 13.2. The van der Waals surface area contributed by atoms with Gasteiger partial charge in [-0.1, -0.05) is 35.9 Å². The number of carbonyl (C=O) groups is 2. The number of nitrogens with one attached hydrogen (secondary N) is 3. The Bertz CT molecular complexity index is 1250. The van der Waals surface area contributed by atoms with Crippen LogP contribution in [-0.4, -0.2) is 35.6 Å². The van der Waals surface area contributed by atoms with E-state index in [0.29, 0.717) is 18.7 Å². The number of pyridine rings is 1. The molecule has 1 fully saturated rings. The Morgan fingerprint density at radius 2 is 1.83 bits per heavy atom. The molecule has 0 radical (unpaired) electrons. The van der Waals surface area contributed by atoms with Gasteiger partial charge in [-0.25, -0.2) is 4.98 Å². The molecule has 188 valence electrons. The Labute approximate surface area is 210 Å². The average Bonchev–Trinajstić information content (AvgIpc) is 3.33. The molecular formula is C25H22ClF3N4O3. The first-order chi connectivity index (χ1) is 17.2. The fraction of sp³-hybridized carbons (Fsp3) is 0.240. The maximum atomic E-state index is 13.2. The molecule has 1 aliphatic heterocycles. The Balaban J connectivity index is 1.39. The van der Waals surface area contributed by atoms with Crippen LogP contribution < -0.4 is 16.0 Å². The van der Waals surface area contributed by atoms with Crippen LogP contribution in [0.25, 0.3) is 0 Å². The summed E-state index contributed by atoms with van der Waals surface area (Å²) in [6, 6.07) is 14.7. The van der Waals surface area contributed by atoms with E-state index in [1.807, 2.05) is 0 Å². The summed E-state index contributed by atoms with van der Waals surface area (Å²) in [6.45, 7) is 0.479. The van der Waals surface area contributed by atoms with Gasteiger partial charge in [0.15, 0.2) is 0 Å². The summed E-state index contributed by atoms with van der Waals surface area (Å²) in [5.74, 6) is -0.885. The Morgan fingerprint density at radius 3 is 2.50 bits per heavy atom. The zero-order chi connectivity index (χ0) is 25.8. The lowest BCUT2D eigenvalue weighted by Gasteiger charge is -2.27. The highest BCUT2D eigenvalue weighted by Gasteiger charge is 2.43. The highest BCUT2D eigenvalue weighted by atomic mass is 35.5. The summed E-state index contributed by atoms with van der Waals surface area (Å²) in [6.07, 6.45) is -2.78. The molecule has 1 aromatic heterocycles. The molecule has 36 heavy (non-hydrogen) atoms. The lowest BCUT2D eigenvalue weighted by Crippen LogP contribution is -2.59. The maximum Gasteiger partial charge on any atom is 0.418 e. The largest absolute Gasteiger partial charge is 0.418 e. The number of nitrogens with zero attached hydrogens (tertiary/aromatic N) is 1. The zero-order valence-corrected chi connectivity index (χ0v) is 19.6. The third-order valence-corrected chi connectivity index (χ3v) is 5.92. The number of alkyl halides is 3. The summed E-state index contributed by atoms with van der Waals surface area (Å²) in [4.78, 5) is 29.6. The minimum atomic E-state index is -4.48. The van der Waals surface area contributed by atoms with Crippen molar-refractivity contribution in [2.75, 3.05) is 18.5 Å². The number of para-hydroxylation sites is 1. The monoisotopic (exact) mass is 518 g/mol. The SMILES string of the molecule is O=C(NC1(C(=O)NCc2ccc(Nc3ccccc3C(F)(F)F)cc2)CCOC1)c1ccnc(Cl)c1. The number of aromatic nitrogens is 1. The first-order valence-corrected chi connectivity index (χ1v) is 11.4. The standard InChI is InChI=1S/C25H22ClF3N4O3/c26-21-13-17(9-11-30-21)22(34)33-24(10-12-36-15-24)23(35)31-14-16-5-7-18(8-6-16)32-20-4-2-1-3-19(20)25(27,28)29/h1-9,11,13,32H,10,12,14-15H2,(H,31,35)(H,33,34). The summed E-state index contributed by atoms with van der Waals surface area (Å²) >= 11 is 5.85. The van der Waals surface area contributed by atoms with E-state index in [1.54, 1.807) is 24.3 Å². The van der Waals surface area contributed by atoms with Gasteiger partial charge in [0.1, 0.15) is 10.7 Å². The van der Waals surface area contributed by atoms with Crippen LogP contribution in [0.5, 0.6) is 0 Å². The minimum absolute atomic E-state index is 0.0187. The molecule has 2 heterocycles. The molecule has 7 nitrogen and oxygen atoms in total. The smallest absolute Gasteiger partial charge is 0.378 e. The van der Waals surface area contributed by atoms with E-state index in [2.05, 4.69) is 20.9 Å². The van der Waals surface area contributed by atoms with Gasteiger partial charge in [-0.15, -0.1) is 0 Å². The van der Waals surface area contributed by atoms with Gasteiger partial charge in [0.25, 0.3) is 5.91 Å². The quantitative estimate of drug-likeness (QED) is 0.394. The normalized spacial score (nSPS) is 17.4. The van der Waals surface area contributed by atoms with E-state index >= 15 is 0 Å². The van der Waals surface area contributed by atoms with Crippen molar-refractivity contribution in [3.05, 3.63) is 88.7 Å². The fourth-order valence-electron chi connectivity index (χ4n) is 3.78. The van der Waals surface area contributed by atoms with Gasteiger partial charge in [0.05, 0.1) is 17.9 Å². The van der Waals surface area contributed by atoms with Crippen molar-refractivity contribution in [3.8, 4) is 0 Å². The molecule has 0 saturated carbocycles. The molecule has 0 spiro atoms. The highest BCUT2D eigenvalue weighted by Crippen LogP contribution is 2.35. The Hall–Kier alpha value is -3.63. The third-order valence-electron chi connectivity index (χ3n) is 5.72. The molecule has 1 atom stereocenters. The molecule has 1 unspecified atom stereocenters. The van der Waals surface area contributed by atoms with Crippen LogP contribution in [0.2, 0.25) is 5.15 Å². The zero-order valence-electron chi connectivity index (χ0n) is 18.9. The van der Waals surface area contributed by atoms with Gasteiger partial charge in [-0.2, -0.15) is 13.2 Å². The predicted octanol–water partition coefficient (Wildman–Crippen LogP) is 4.70. The number of halogens is 4. The number of amides is 2. The van der Waals surface area contributed by atoms with Crippen molar-refractivity contribution in [2.45, 2.75) is 24.7 Å². The van der Waals surface area contributed by atoms with Crippen molar-refractivity contribution >= 4 is 34.8 Å². The number of carbonyl (C=O) groups excluding carboxylic acids is 2. The number of rotatable bonds is 7. The van der Waals surface area contributed by atoms with Gasteiger partial charge in [0.2, 0.25) is 5.91 Å². The van der Waals surface area contributed by atoms with Crippen molar-refractivity contribution < 1.29 is 27.5 Å². The Kier molecular flexibility index (Phi) is 7.46. The second-order valence-electron chi connectivity index (χ2n) is 8.25. The average molecular weight is 519 g/mol. The second-order valence-corrected chi connectivity index (χ2v) is 8.64. The number of anilines is 2. The molecule has 2 amide bonds. The molecule has 4 rings (SSSR count). The van der Waals surface area contributed by atoms with E-state index in [-0.39, 0.29) is 29.6 Å². The van der Waals surface area contributed by atoms with Gasteiger partial charge < -0.3 is 20.7 Å². The molecule has 0 aliphatic carbocycles. The molecular weight excluding hydrogens is 497 g/mol. The summed E-state index contributed by atoms with van der Waals surface area (Å²) in [5, 5.41) is 8.50. The van der Waals surface area contributed by atoms with E-state index in [1.165, 1.54) is 36.5 Å². The van der Waals surface area contributed by atoms with Crippen LogP contribution in [0, 0.1) is 0 Å². The first-order valence-electron chi connectivity index (χ1n) is 11.0. The fourth-order valence-corrected chi connectivity index (χ4v) is 3.96. The molecule has 2 aromatic carbocycles. The third kappa shape index (κ3) is 5.95. The predicted molar refractivity (Wildman–Crippen MR) is 128 cm³/mol. The first kappa shape index (κ1) is 25.5.